The van der Waals surface area contributed by atoms with Crippen LogP contribution in [0.3, 0.4) is 0 Å². The third-order valence-electron chi connectivity index (χ3n) is 2.41. The van der Waals surface area contributed by atoms with Gasteiger partial charge in [0.05, 0.1) is 23.3 Å². The molecule has 0 radical (unpaired) electrons. The molecule has 0 fully saturated rings. The van der Waals surface area contributed by atoms with Crippen molar-refractivity contribution in [2.75, 3.05) is 33.1 Å². The second kappa shape index (κ2) is 7.20. The molecule has 3 N–H and O–H groups in total. The average Bonchev–Trinajstić information content (AvgIpc) is 2.37. The molecular formula is C12H17ClN2O3. The largest absolute Gasteiger partial charge is 0.399 e. The summed E-state index contributed by atoms with van der Waals surface area (Å²) in [6, 6.07) is 4.77. The summed E-state index contributed by atoms with van der Waals surface area (Å²) in [5.41, 5.74) is 6.45. The molecule has 0 aliphatic heterocycles. The van der Waals surface area contributed by atoms with Gasteiger partial charge in [-0.3, -0.25) is 4.79 Å². The van der Waals surface area contributed by atoms with E-state index in [1.54, 1.807) is 26.4 Å². The number of nitrogens with two attached hydrogens (primary N) is 1. The van der Waals surface area contributed by atoms with Crippen LogP contribution in [0.4, 0.5) is 5.69 Å². The van der Waals surface area contributed by atoms with Gasteiger partial charge in [-0.05, 0) is 18.2 Å². The lowest BCUT2D eigenvalue weighted by atomic mass is 10.2. The van der Waals surface area contributed by atoms with E-state index in [0.29, 0.717) is 29.4 Å². The number of halogens is 1. The van der Waals surface area contributed by atoms with Gasteiger partial charge in [0.15, 0.2) is 0 Å². The van der Waals surface area contributed by atoms with Gasteiger partial charge < -0.3 is 20.5 Å². The number of benzene rings is 1. The number of anilines is 1. The molecule has 0 saturated heterocycles. The number of carbonyl (C=O) groups excluding carboxylic acids is 1. The van der Waals surface area contributed by atoms with E-state index in [2.05, 4.69) is 5.32 Å². The lowest BCUT2D eigenvalue weighted by Gasteiger charge is -2.15. The summed E-state index contributed by atoms with van der Waals surface area (Å²) in [6.07, 6.45) is -0.196. The Morgan fingerprint density at radius 1 is 1.50 bits per heavy atom. The lowest BCUT2D eigenvalue weighted by molar-refractivity contribution is 0.0285. The SMILES string of the molecule is COCC(CNC(=O)c1cc(N)ccc1Cl)OC. The predicted molar refractivity (Wildman–Crippen MR) is 70.9 cm³/mol. The van der Waals surface area contributed by atoms with Crippen LogP contribution < -0.4 is 11.1 Å². The van der Waals surface area contributed by atoms with E-state index in [1.807, 2.05) is 0 Å². The van der Waals surface area contributed by atoms with Crippen LogP contribution in [0.15, 0.2) is 18.2 Å². The van der Waals surface area contributed by atoms with Crippen LogP contribution in [0.1, 0.15) is 10.4 Å². The van der Waals surface area contributed by atoms with Crippen molar-refractivity contribution in [3.8, 4) is 0 Å². The molecule has 1 atom stereocenters. The molecule has 0 aliphatic carbocycles. The molecule has 0 aromatic heterocycles. The Kier molecular flexibility index (Phi) is 5.91. The maximum Gasteiger partial charge on any atom is 0.252 e. The van der Waals surface area contributed by atoms with Gasteiger partial charge in [0.25, 0.3) is 5.91 Å². The van der Waals surface area contributed by atoms with Gasteiger partial charge in [-0.1, -0.05) is 11.6 Å². The molecule has 100 valence electrons. The Hall–Kier alpha value is -1.30. The van der Waals surface area contributed by atoms with Gasteiger partial charge in [0.2, 0.25) is 0 Å². The van der Waals surface area contributed by atoms with E-state index >= 15 is 0 Å². The van der Waals surface area contributed by atoms with Crippen molar-refractivity contribution in [3.05, 3.63) is 28.8 Å². The van der Waals surface area contributed by atoms with E-state index in [9.17, 15) is 4.79 Å². The summed E-state index contributed by atoms with van der Waals surface area (Å²) in [4.78, 5) is 11.9. The zero-order chi connectivity index (χ0) is 13.5. The highest BCUT2D eigenvalue weighted by Gasteiger charge is 2.13. The number of hydrogen-bond donors (Lipinski definition) is 2. The Balaban J connectivity index is 2.62. The van der Waals surface area contributed by atoms with Crippen molar-refractivity contribution in [2.24, 2.45) is 0 Å². The number of methoxy groups -OCH3 is 2. The molecule has 1 aromatic rings. The number of nitrogens with one attached hydrogen (secondary N) is 1. The molecule has 1 amide bonds. The molecule has 0 saturated carbocycles. The molecule has 1 unspecified atom stereocenters. The fourth-order valence-electron chi connectivity index (χ4n) is 1.41. The van der Waals surface area contributed by atoms with Crippen molar-refractivity contribution in [2.45, 2.75) is 6.10 Å². The summed E-state index contributed by atoms with van der Waals surface area (Å²) < 4.78 is 10.1. The monoisotopic (exact) mass is 272 g/mol. The van der Waals surface area contributed by atoms with Crippen LogP contribution >= 0.6 is 11.6 Å². The number of hydrogen-bond acceptors (Lipinski definition) is 4. The highest BCUT2D eigenvalue weighted by molar-refractivity contribution is 6.34. The van der Waals surface area contributed by atoms with Crippen molar-refractivity contribution in [1.29, 1.82) is 0 Å². The molecule has 18 heavy (non-hydrogen) atoms. The first-order valence-corrected chi connectivity index (χ1v) is 5.81. The van der Waals surface area contributed by atoms with E-state index < -0.39 is 0 Å². The predicted octanol–water partition coefficient (Wildman–Crippen LogP) is 1.31. The smallest absolute Gasteiger partial charge is 0.252 e. The van der Waals surface area contributed by atoms with Gasteiger partial charge in [-0.25, -0.2) is 0 Å². The molecule has 0 heterocycles. The third kappa shape index (κ3) is 4.18. The second-order valence-electron chi connectivity index (χ2n) is 3.76. The Morgan fingerprint density at radius 3 is 2.83 bits per heavy atom. The first-order chi connectivity index (χ1) is 8.58. The van der Waals surface area contributed by atoms with Gasteiger partial charge in [-0.2, -0.15) is 0 Å². The number of nitrogen functional groups attached to an aromatic ring is 1. The van der Waals surface area contributed by atoms with E-state index in [1.165, 1.54) is 6.07 Å². The highest BCUT2D eigenvalue weighted by atomic mass is 35.5. The van der Waals surface area contributed by atoms with Crippen LogP contribution in [-0.2, 0) is 9.47 Å². The Bertz CT molecular complexity index is 412. The summed E-state index contributed by atoms with van der Waals surface area (Å²) in [5.74, 6) is -0.287. The molecule has 6 heteroatoms. The van der Waals surface area contributed by atoms with Crippen molar-refractivity contribution >= 4 is 23.2 Å². The fraction of sp³-hybridized carbons (Fsp3) is 0.417. The number of ether oxygens (including phenoxy) is 2. The van der Waals surface area contributed by atoms with Crippen LogP contribution in [0.2, 0.25) is 5.02 Å². The van der Waals surface area contributed by atoms with Crippen molar-refractivity contribution < 1.29 is 14.3 Å². The molecule has 5 nitrogen and oxygen atoms in total. The summed E-state index contributed by atoms with van der Waals surface area (Å²) in [5, 5.41) is 3.08. The topological polar surface area (TPSA) is 73.6 Å². The standard InChI is InChI=1S/C12H17ClN2O3/c1-17-7-9(18-2)6-15-12(16)10-5-8(14)3-4-11(10)13/h3-5,9H,6-7,14H2,1-2H3,(H,15,16). The quantitative estimate of drug-likeness (QED) is 0.766. The molecule has 0 aliphatic rings. The van der Waals surface area contributed by atoms with E-state index in [-0.39, 0.29) is 12.0 Å². The van der Waals surface area contributed by atoms with Crippen LogP contribution in [0, 0.1) is 0 Å². The van der Waals surface area contributed by atoms with Gasteiger partial charge >= 0.3 is 0 Å². The summed E-state index contributed by atoms with van der Waals surface area (Å²) in [6.45, 7) is 0.746. The van der Waals surface area contributed by atoms with Crippen LogP contribution in [0.5, 0.6) is 0 Å². The van der Waals surface area contributed by atoms with Crippen molar-refractivity contribution in [3.63, 3.8) is 0 Å². The minimum atomic E-state index is -0.287. The minimum absolute atomic E-state index is 0.196. The molecule has 1 rings (SSSR count). The molecule has 0 spiro atoms. The summed E-state index contributed by atoms with van der Waals surface area (Å²) in [7, 11) is 3.13. The number of amides is 1. The van der Waals surface area contributed by atoms with E-state index in [4.69, 9.17) is 26.8 Å². The zero-order valence-corrected chi connectivity index (χ0v) is 11.2. The van der Waals surface area contributed by atoms with Gasteiger partial charge in [-0.15, -0.1) is 0 Å². The normalized spacial score (nSPS) is 12.2. The minimum Gasteiger partial charge on any atom is -0.399 e. The van der Waals surface area contributed by atoms with Crippen LogP contribution in [-0.4, -0.2) is 39.4 Å². The van der Waals surface area contributed by atoms with E-state index in [0.717, 1.165) is 0 Å². The number of rotatable bonds is 6. The maximum atomic E-state index is 11.9. The second-order valence-corrected chi connectivity index (χ2v) is 4.17. The van der Waals surface area contributed by atoms with Gasteiger partial charge in [0.1, 0.15) is 0 Å². The van der Waals surface area contributed by atoms with Crippen LogP contribution in [0.25, 0.3) is 0 Å². The molecular weight excluding hydrogens is 256 g/mol. The Morgan fingerprint density at radius 2 is 2.22 bits per heavy atom. The first-order valence-electron chi connectivity index (χ1n) is 5.43. The Labute approximate surface area is 111 Å². The molecule has 0 bridgehead atoms. The third-order valence-corrected chi connectivity index (χ3v) is 2.74. The fourth-order valence-corrected chi connectivity index (χ4v) is 1.62. The maximum absolute atomic E-state index is 11.9. The summed E-state index contributed by atoms with van der Waals surface area (Å²) >= 11 is 5.93. The number of carbonyl (C=O) groups is 1. The molecule has 1 aromatic carbocycles. The average molecular weight is 273 g/mol. The van der Waals surface area contributed by atoms with Gasteiger partial charge in [0, 0.05) is 26.5 Å². The zero-order valence-electron chi connectivity index (χ0n) is 10.4. The highest BCUT2D eigenvalue weighted by Crippen LogP contribution is 2.18. The lowest BCUT2D eigenvalue weighted by Crippen LogP contribution is -2.35. The van der Waals surface area contributed by atoms with Crippen molar-refractivity contribution in [1.82, 2.24) is 5.32 Å². The first kappa shape index (κ1) is 14.8.